The first-order valence-electron chi connectivity index (χ1n) is 7.29. The van der Waals surface area contributed by atoms with Crippen molar-refractivity contribution in [3.05, 3.63) is 24.3 Å². The number of halogens is 1. The molecule has 0 aromatic heterocycles. The van der Waals surface area contributed by atoms with Crippen molar-refractivity contribution in [3.8, 4) is 0 Å². The van der Waals surface area contributed by atoms with Crippen molar-refractivity contribution >= 4 is 22.6 Å². The quantitative estimate of drug-likeness (QED) is 0.164. The van der Waals surface area contributed by atoms with Crippen molar-refractivity contribution in [2.45, 2.75) is 71.1 Å². The SMILES string of the molecule is CCCCCCCCCCC=CC=CCCI. The van der Waals surface area contributed by atoms with Gasteiger partial charge in [0.25, 0.3) is 0 Å². The van der Waals surface area contributed by atoms with E-state index < -0.39 is 0 Å². The highest BCUT2D eigenvalue weighted by molar-refractivity contribution is 14.1. The minimum Gasteiger partial charge on any atom is -0.0860 e. The molecule has 100 valence electrons. The molecule has 0 aromatic carbocycles. The summed E-state index contributed by atoms with van der Waals surface area (Å²) in [5.74, 6) is 0. The summed E-state index contributed by atoms with van der Waals surface area (Å²) < 4.78 is 1.22. The Hall–Kier alpha value is 0.210. The Kier molecular flexibility index (Phi) is 16.4. The van der Waals surface area contributed by atoms with Crippen LogP contribution in [-0.4, -0.2) is 4.43 Å². The van der Waals surface area contributed by atoms with Crippen LogP contribution in [0.3, 0.4) is 0 Å². The first-order chi connectivity index (χ1) is 8.41. The van der Waals surface area contributed by atoms with Crippen molar-refractivity contribution < 1.29 is 0 Å². The molecule has 0 radical (unpaired) electrons. The molecular formula is C16H29I. The van der Waals surface area contributed by atoms with Crippen molar-refractivity contribution in [3.63, 3.8) is 0 Å². The zero-order valence-corrected chi connectivity index (χ0v) is 13.6. The third-order valence-corrected chi connectivity index (χ3v) is 3.51. The Bertz CT molecular complexity index is 182. The summed E-state index contributed by atoms with van der Waals surface area (Å²) in [4.78, 5) is 0. The van der Waals surface area contributed by atoms with Crippen LogP contribution >= 0.6 is 22.6 Å². The van der Waals surface area contributed by atoms with E-state index >= 15 is 0 Å². The molecule has 0 bridgehead atoms. The van der Waals surface area contributed by atoms with Gasteiger partial charge in [-0.2, -0.15) is 0 Å². The lowest BCUT2D eigenvalue weighted by Gasteiger charge is -1.99. The van der Waals surface area contributed by atoms with Crippen molar-refractivity contribution in [2.24, 2.45) is 0 Å². The molecule has 1 heteroatoms. The maximum Gasteiger partial charge on any atom is 0.00300 e. The van der Waals surface area contributed by atoms with E-state index in [4.69, 9.17) is 0 Å². The Morgan fingerprint density at radius 3 is 1.82 bits per heavy atom. The summed E-state index contributed by atoms with van der Waals surface area (Å²) in [6.45, 7) is 2.28. The molecule has 0 nitrogen and oxygen atoms in total. The summed E-state index contributed by atoms with van der Waals surface area (Å²) in [7, 11) is 0. The van der Waals surface area contributed by atoms with Gasteiger partial charge in [-0.1, -0.05) is 98.8 Å². The van der Waals surface area contributed by atoms with Crippen LogP contribution in [0.1, 0.15) is 71.1 Å². The molecule has 0 rings (SSSR count). The first-order valence-corrected chi connectivity index (χ1v) is 8.82. The predicted molar refractivity (Wildman–Crippen MR) is 89.0 cm³/mol. The number of unbranched alkanes of at least 4 members (excludes halogenated alkanes) is 8. The Morgan fingerprint density at radius 2 is 1.24 bits per heavy atom. The van der Waals surface area contributed by atoms with Crippen molar-refractivity contribution in [1.82, 2.24) is 0 Å². The van der Waals surface area contributed by atoms with E-state index in [-0.39, 0.29) is 0 Å². The molecule has 0 aliphatic rings. The van der Waals surface area contributed by atoms with E-state index in [1.807, 2.05) is 0 Å². The maximum absolute atomic E-state index is 2.41. The lowest BCUT2D eigenvalue weighted by molar-refractivity contribution is 0.577. The molecule has 0 fully saturated rings. The Balaban J connectivity index is 3.07. The van der Waals surface area contributed by atoms with Crippen LogP contribution in [0, 0.1) is 0 Å². The molecular weight excluding hydrogens is 319 g/mol. The number of hydrogen-bond donors (Lipinski definition) is 0. The van der Waals surface area contributed by atoms with Gasteiger partial charge >= 0.3 is 0 Å². The predicted octanol–water partition coefficient (Wildman–Crippen LogP) is 6.45. The molecule has 0 atom stereocenters. The zero-order chi connectivity index (χ0) is 12.6. The van der Waals surface area contributed by atoms with E-state index in [1.165, 1.54) is 68.6 Å². The lowest BCUT2D eigenvalue weighted by Crippen LogP contribution is -1.79. The highest BCUT2D eigenvalue weighted by Crippen LogP contribution is 2.09. The van der Waals surface area contributed by atoms with Gasteiger partial charge in [0.1, 0.15) is 0 Å². The smallest absolute Gasteiger partial charge is 0.00300 e. The molecule has 0 spiro atoms. The summed E-state index contributed by atoms with van der Waals surface area (Å²) in [6.07, 6.45) is 22.7. The molecule has 0 saturated heterocycles. The van der Waals surface area contributed by atoms with Gasteiger partial charge in [-0.25, -0.2) is 0 Å². The summed E-state index contributed by atoms with van der Waals surface area (Å²) in [6, 6.07) is 0. The minimum atomic E-state index is 1.20. The number of allylic oxidation sites excluding steroid dienone is 4. The fourth-order valence-electron chi connectivity index (χ4n) is 1.81. The van der Waals surface area contributed by atoms with Crippen molar-refractivity contribution in [1.29, 1.82) is 0 Å². The van der Waals surface area contributed by atoms with Gasteiger partial charge < -0.3 is 0 Å². The third kappa shape index (κ3) is 16.2. The van der Waals surface area contributed by atoms with Crippen LogP contribution in [0.15, 0.2) is 24.3 Å². The van der Waals surface area contributed by atoms with Crippen LogP contribution in [0.25, 0.3) is 0 Å². The molecule has 0 heterocycles. The Labute approximate surface area is 122 Å². The van der Waals surface area contributed by atoms with E-state index in [9.17, 15) is 0 Å². The van der Waals surface area contributed by atoms with E-state index in [0.717, 1.165) is 0 Å². The molecule has 0 aliphatic heterocycles. The molecule has 17 heavy (non-hydrogen) atoms. The highest BCUT2D eigenvalue weighted by Gasteiger charge is 1.89. The summed E-state index contributed by atoms with van der Waals surface area (Å²) in [5, 5.41) is 0. The summed E-state index contributed by atoms with van der Waals surface area (Å²) >= 11 is 2.41. The second-order valence-corrected chi connectivity index (χ2v) is 5.68. The fraction of sp³-hybridized carbons (Fsp3) is 0.750. The molecule has 0 N–H and O–H groups in total. The first kappa shape index (κ1) is 17.2. The zero-order valence-electron chi connectivity index (χ0n) is 11.5. The van der Waals surface area contributed by atoms with Crippen LogP contribution in [0.4, 0.5) is 0 Å². The maximum atomic E-state index is 2.41. The molecule has 0 saturated carbocycles. The molecule has 0 amide bonds. The third-order valence-electron chi connectivity index (χ3n) is 2.88. The van der Waals surface area contributed by atoms with Crippen molar-refractivity contribution in [2.75, 3.05) is 4.43 Å². The monoisotopic (exact) mass is 348 g/mol. The number of alkyl halides is 1. The topological polar surface area (TPSA) is 0 Å². The van der Waals surface area contributed by atoms with E-state index in [0.29, 0.717) is 0 Å². The molecule has 0 aromatic rings. The van der Waals surface area contributed by atoms with Gasteiger partial charge in [0.15, 0.2) is 0 Å². The lowest BCUT2D eigenvalue weighted by atomic mass is 10.1. The molecule has 0 aliphatic carbocycles. The van der Waals surface area contributed by atoms with Crippen LogP contribution in [-0.2, 0) is 0 Å². The number of rotatable bonds is 12. The van der Waals surface area contributed by atoms with Gasteiger partial charge in [0.2, 0.25) is 0 Å². The van der Waals surface area contributed by atoms with Gasteiger partial charge in [-0.15, -0.1) is 0 Å². The number of hydrogen-bond acceptors (Lipinski definition) is 0. The van der Waals surface area contributed by atoms with Gasteiger partial charge in [0.05, 0.1) is 0 Å². The summed E-state index contributed by atoms with van der Waals surface area (Å²) in [5.41, 5.74) is 0. The second-order valence-electron chi connectivity index (χ2n) is 4.60. The Morgan fingerprint density at radius 1 is 0.706 bits per heavy atom. The van der Waals surface area contributed by atoms with Gasteiger partial charge in [0, 0.05) is 4.43 Å². The van der Waals surface area contributed by atoms with Gasteiger partial charge in [-0.3, -0.25) is 0 Å². The standard InChI is InChI=1S/C16H29I/c1-2-3-4-5-6-7-8-9-10-11-12-13-14-15-16-17/h11-14H,2-10,15-16H2,1H3. The highest BCUT2D eigenvalue weighted by atomic mass is 127. The van der Waals surface area contributed by atoms with Crippen LogP contribution in [0.5, 0.6) is 0 Å². The second kappa shape index (κ2) is 16.2. The normalized spacial score (nSPS) is 11.9. The van der Waals surface area contributed by atoms with Gasteiger partial charge in [-0.05, 0) is 19.3 Å². The average Bonchev–Trinajstić information content (AvgIpc) is 2.35. The van der Waals surface area contributed by atoms with Crippen LogP contribution < -0.4 is 0 Å². The largest absolute Gasteiger partial charge is 0.0860 e. The minimum absolute atomic E-state index is 1.20. The molecule has 0 unspecified atom stereocenters. The van der Waals surface area contributed by atoms with E-state index in [1.54, 1.807) is 0 Å². The fourth-order valence-corrected chi connectivity index (χ4v) is 2.17. The van der Waals surface area contributed by atoms with E-state index in [2.05, 4.69) is 53.8 Å². The van der Waals surface area contributed by atoms with Crippen LogP contribution in [0.2, 0.25) is 0 Å². The average molecular weight is 348 g/mol.